The summed E-state index contributed by atoms with van der Waals surface area (Å²) in [5, 5.41) is 13.5. The van der Waals surface area contributed by atoms with Crippen LogP contribution in [0, 0.1) is 5.92 Å². The molecule has 118 valence electrons. The molecule has 1 spiro atoms. The van der Waals surface area contributed by atoms with Gasteiger partial charge in [-0.05, 0) is 23.6 Å². The van der Waals surface area contributed by atoms with E-state index in [9.17, 15) is 9.90 Å². The van der Waals surface area contributed by atoms with Crippen LogP contribution in [0.3, 0.4) is 0 Å². The number of carbonyl (C=O) groups excluding carboxylic acids is 1. The van der Waals surface area contributed by atoms with Gasteiger partial charge in [-0.25, -0.2) is 0 Å². The highest BCUT2D eigenvalue weighted by Crippen LogP contribution is 2.54. The van der Waals surface area contributed by atoms with E-state index in [0.29, 0.717) is 29.9 Å². The van der Waals surface area contributed by atoms with Crippen LogP contribution < -0.4 is 4.74 Å². The summed E-state index contributed by atoms with van der Waals surface area (Å²) in [7, 11) is 0. The third-order valence-electron chi connectivity index (χ3n) is 4.93. The van der Waals surface area contributed by atoms with Crippen molar-refractivity contribution in [1.82, 2.24) is 5.16 Å². The number of carbonyl (C=O) groups is 1. The maximum atomic E-state index is 13.1. The van der Waals surface area contributed by atoms with Gasteiger partial charge in [0.25, 0.3) is 5.88 Å². The summed E-state index contributed by atoms with van der Waals surface area (Å²) in [4.78, 5) is 13.1. The summed E-state index contributed by atoms with van der Waals surface area (Å²) in [6.07, 6.45) is 5.06. The highest BCUT2D eigenvalue weighted by atomic mass is 16.5. The number of unbranched alkanes of at least 4 members (excludes halogenated alkanes) is 1. The number of hydrogen-bond donors (Lipinski definition) is 1. The van der Waals surface area contributed by atoms with Crippen molar-refractivity contribution < 1.29 is 23.9 Å². The lowest BCUT2D eigenvalue weighted by molar-refractivity contribution is 0.00370. The van der Waals surface area contributed by atoms with Gasteiger partial charge in [0.05, 0.1) is 19.3 Å². The van der Waals surface area contributed by atoms with Crippen molar-refractivity contribution >= 4 is 5.78 Å². The average molecular weight is 305 g/mol. The van der Waals surface area contributed by atoms with Gasteiger partial charge in [0.1, 0.15) is 5.56 Å². The molecule has 3 atom stereocenters. The number of aliphatic hydroxyl groups excluding tert-OH is 1. The Balaban J connectivity index is 1.71. The Morgan fingerprint density at radius 2 is 2.41 bits per heavy atom. The molecule has 3 aliphatic rings. The van der Waals surface area contributed by atoms with Crippen LogP contribution in [0.25, 0.3) is 0 Å². The van der Waals surface area contributed by atoms with E-state index in [1.807, 2.05) is 6.08 Å². The zero-order chi connectivity index (χ0) is 15.3. The third kappa shape index (κ3) is 1.68. The smallest absolute Gasteiger partial charge is 0.265 e. The average Bonchev–Trinajstić information content (AvgIpc) is 3.18. The van der Waals surface area contributed by atoms with E-state index in [-0.39, 0.29) is 30.3 Å². The zero-order valence-electron chi connectivity index (χ0n) is 12.5. The van der Waals surface area contributed by atoms with Gasteiger partial charge >= 0.3 is 0 Å². The van der Waals surface area contributed by atoms with Crippen LogP contribution in [0.5, 0.6) is 5.88 Å². The van der Waals surface area contributed by atoms with Crippen molar-refractivity contribution in [1.29, 1.82) is 0 Å². The predicted octanol–water partition coefficient (Wildman–Crippen LogP) is 1.67. The molecule has 1 aromatic rings. The summed E-state index contributed by atoms with van der Waals surface area (Å²) in [6.45, 7) is 2.41. The number of Topliss-reactive ketones (excluding diaryl/α,β-unsaturated/α-hetero) is 1. The molecular weight excluding hydrogens is 286 g/mol. The molecule has 0 saturated carbocycles. The minimum atomic E-state index is -1.03. The molecule has 2 aliphatic heterocycles. The Morgan fingerprint density at radius 1 is 1.55 bits per heavy atom. The van der Waals surface area contributed by atoms with E-state index in [4.69, 9.17) is 14.0 Å². The highest BCUT2D eigenvalue weighted by Gasteiger charge is 2.63. The molecule has 1 N–H and O–H groups in total. The fraction of sp³-hybridized carbons (Fsp3) is 0.625. The molecule has 1 unspecified atom stereocenters. The van der Waals surface area contributed by atoms with Crippen molar-refractivity contribution in [3.8, 4) is 5.88 Å². The van der Waals surface area contributed by atoms with E-state index in [2.05, 4.69) is 12.1 Å². The molecule has 1 aliphatic carbocycles. The molecule has 3 heterocycles. The normalized spacial score (nSPS) is 31.9. The van der Waals surface area contributed by atoms with Gasteiger partial charge in [-0.1, -0.05) is 19.4 Å². The van der Waals surface area contributed by atoms with Crippen molar-refractivity contribution in [2.75, 3.05) is 13.2 Å². The SMILES string of the molecule is CCCCOc1noc2c1C(=O)[C@@]13O[C@@H](C=C1CO)CC3C2. The molecule has 1 aromatic heterocycles. The number of hydrogen-bond acceptors (Lipinski definition) is 6. The van der Waals surface area contributed by atoms with E-state index in [1.54, 1.807) is 0 Å². The first-order chi connectivity index (χ1) is 10.7. The second-order valence-electron chi connectivity index (χ2n) is 6.20. The van der Waals surface area contributed by atoms with Crippen molar-refractivity contribution in [2.24, 2.45) is 5.92 Å². The summed E-state index contributed by atoms with van der Waals surface area (Å²) in [5.41, 5.74) is 0.0419. The van der Waals surface area contributed by atoms with Crippen LogP contribution in [-0.4, -0.2) is 41.0 Å². The van der Waals surface area contributed by atoms with E-state index >= 15 is 0 Å². The Kier molecular flexibility index (Phi) is 3.13. The first-order valence-corrected chi connectivity index (χ1v) is 7.86. The number of fused-ring (bicyclic) bond motifs is 2. The Labute approximate surface area is 128 Å². The third-order valence-corrected chi connectivity index (χ3v) is 4.93. The fourth-order valence-corrected chi connectivity index (χ4v) is 3.89. The first-order valence-electron chi connectivity index (χ1n) is 7.86. The molecule has 22 heavy (non-hydrogen) atoms. The van der Waals surface area contributed by atoms with Crippen LogP contribution >= 0.6 is 0 Å². The summed E-state index contributed by atoms with van der Waals surface area (Å²) < 4.78 is 16.9. The van der Waals surface area contributed by atoms with Crippen LogP contribution in [0.2, 0.25) is 0 Å². The lowest BCUT2D eigenvalue weighted by atomic mass is 9.68. The van der Waals surface area contributed by atoms with Gasteiger partial charge in [0.15, 0.2) is 11.4 Å². The number of aromatic nitrogens is 1. The quantitative estimate of drug-likeness (QED) is 0.658. The standard InChI is InChI=1S/C16H19NO5/c1-2-3-4-20-15-13-12(22-17-15)7-9-5-11-6-10(8-18)16(9,21-11)14(13)19/h6,9,11,18H,2-5,7-8H2,1H3/t9?,11-,16+/m1/s1. The number of ketones is 1. The lowest BCUT2D eigenvalue weighted by Crippen LogP contribution is -2.49. The number of aliphatic hydroxyl groups is 1. The number of rotatable bonds is 5. The number of ether oxygens (including phenoxy) is 2. The van der Waals surface area contributed by atoms with E-state index in [0.717, 1.165) is 19.3 Å². The predicted molar refractivity (Wildman–Crippen MR) is 75.8 cm³/mol. The molecule has 4 rings (SSSR count). The Hall–Kier alpha value is -1.66. The van der Waals surface area contributed by atoms with Crippen LogP contribution in [0.15, 0.2) is 16.2 Å². The highest BCUT2D eigenvalue weighted by molar-refractivity contribution is 6.09. The maximum Gasteiger partial charge on any atom is 0.265 e. The molecule has 2 bridgehead atoms. The van der Waals surface area contributed by atoms with Gasteiger partial charge < -0.3 is 19.1 Å². The van der Waals surface area contributed by atoms with Gasteiger partial charge in [0.2, 0.25) is 5.78 Å². The molecule has 1 saturated heterocycles. The van der Waals surface area contributed by atoms with Crippen LogP contribution in [0.1, 0.15) is 42.3 Å². The van der Waals surface area contributed by atoms with Crippen molar-refractivity contribution in [2.45, 2.75) is 44.3 Å². The zero-order valence-corrected chi connectivity index (χ0v) is 12.5. The second kappa shape index (κ2) is 4.93. The van der Waals surface area contributed by atoms with Gasteiger partial charge in [-0.15, -0.1) is 0 Å². The van der Waals surface area contributed by atoms with Crippen LogP contribution in [0.4, 0.5) is 0 Å². The molecule has 1 fully saturated rings. The summed E-state index contributed by atoms with van der Waals surface area (Å²) in [5.74, 6) is 0.686. The largest absolute Gasteiger partial charge is 0.475 e. The summed E-state index contributed by atoms with van der Waals surface area (Å²) in [6, 6.07) is 0. The Morgan fingerprint density at radius 3 is 3.18 bits per heavy atom. The monoisotopic (exact) mass is 305 g/mol. The molecule has 6 heteroatoms. The molecule has 0 amide bonds. The van der Waals surface area contributed by atoms with E-state index < -0.39 is 5.60 Å². The summed E-state index contributed by atoms with van der Waals surface area (Å²) >= 11 is 0. The van der Waals surface area contributed by atoms with Crippen molar-refractivity contribution in [3.63, 3.8) is 0 Å². The minimum Gasteiger partial charge on any atom is -0.475 e. The van der Waals surface area contributed by atoms with Crippen LogP contribution in [-0.2, 0) is 11.2 Å². The lowest BCUT2D eigenvalue weighted by Gasteiger charge is -2.35. The Bertz CT molecular complexity index is 649. The minimum absolute atomic E-state index is 0.0149. The van der Waals surface area contributed by atoms with Gasteiger partial charge in [-0.3, -0.25) is 4.79 Å². The maximum absolute atomic E-state index is 13.1. The molecule has 0 radical (unpaired) electrons. The topological polar surface area (TPSA) is 81.8 Å². The number of nitrogens with zero attached hydrogens (tertiary/aromatic N) is 1. The van der Waals surface area contributed by atoms with E-state index in [1.165, 1.54) is 0 Å². The van der Waals surface area contributed by atoms with Crippen molar-refractivity contribution in [3.05, 3.63) is 23.0 Å². The molecule has 0 aromatic carbocycles. The van der Waals surface area contributed by atoms with Gasteiger partial charge in [-0.2, -0.15) is 0 Å². The molecular formula is C16H19NO5. The second-order valence-corrected chi connectivity index (χ2v) is 6.20. The van der Waals surface area contributed by atoms with Gasteiger partial charge in [0, 0.05) is 12.3 Å². The first kappa shape index (κ1) is 14.0. The fourth-order valence-electron chi connectivity index (χ4n) is 3.89. The molecule has 6 nitrogen and oxygen atoms in total.